The third-order valence-corrected chi connectivity index (χ3v) is 3.19. The molecule has 0 bridgehead atoms. The Bertz CT molecular complexity index is 613. The van der Waals surface area contributed by atoms with E-state index in [4.69, 9.17) is 16.0 Å². The van der Waals surface area contributed by atoms with Gasteiger partial charge in [-0.05, 0) is 25.1 Å². The number of rotatable bonds is 5. The zero-order chi connectivity index (χ0) is 14.7. The van der Waals surface area contributed by atoms with Crippen LogP contribution in [-0.2, 0) is 0 Å². The number of aliphatic hydroxyl groups is 1. The summed E-state index contributed by atoms with van der Waals surface area (Å²) >= 11 is 6.03. The lowest BCUT2D eigenvalue weighted by Gasteiger charge is -2.16. The van der Waals surface area contributed by atoms with E-state index < -0.39 is 11.0 Å². The van der Waals surface area contributed by atoms with Gasteiger partial charge in [-0.3, -0.25) is 10.1 Å². The second-order valence-electron chi connectivity index (χ2n) is 4.27. The molecule has 1 heterocycles. The van der Waals surface area contributed by atoms with E-state index in [1.165, 1.54) is 12.3 Å². The van der Waals surface area contributed by atoms with Gasteiger partial charge in [0.15, 0.2) is 0 Å². The molecular weight excluding hydrogens is 284 g/mol. The molecule has 0 spiro atoms. The predicted octanol–water partition coefficient (Wildman–Crippen LogP) is 3.30. The van der Waals surface area contributed by atoms with E-state index in [-0.39, 0.29) is 17.3 Å². The molecule has 0 fully saturated rings. The van der Waals surface area contributed by atoms with Gasteiger partial charge in [-0.15, -0.1) is 0 Å². The zero-order valence-corrected chi connectivity index (χ0v) is 11.4. The predicted molar refractivity (Wildman–Crippen MR) is 75.0 cm³/mol. The number of halogens is 1. The normalized spacial score (nSPS) is 12.2. The first-order valence-corrected chi connectivity index (χ1v) is 6.26. The van der Waals surface area contributed by atoms with Crippen LogP contribution < -0.4 is 5.32 Å². The van der Waals surface area contributed by atoms with Gasteiger partial charge >= 0.3 is 0 Å². The van der Waals surface area contributed by atoms with Crippen LogP contribution in [0.3, 0.4) is 0 Å². The highest BCUT2D eigenvalue weighted by Crippen LogP contribution is 2.32. The second-order valence-corrected chi connectivity index (χ2v) is 4.68. The molecular formula is C13H13ClN2O4. The Labute approximate surface area is 120 Å². The number of nitrogens with zero attached hydrogens (tertiary/aromatic N) is 1. The second kappa shape index (κ2) is 5.94. The van der Waals surface area contributed by atoms with Crippen LogP contribution >= 0.6 is 11.6 Å². The number of hydrogen-bond donors (Lipinski definition) is 2. The molecule has 1 unspecified atom stereocenters. The molecule has 0 aliphatic rings. The average molecular weight is 297 g/mol. The SMILES string of the molecule is Cc1cc(NC(CO)c2ccco2)c(Cl)cc1[N+](=O)[O-]. The van der Waals surface area contributed by atoms with Gasteiger partial charge < -0.3 is 14.8 Å². The quantitative estimate of drug-likeness (QED) is 0.653. The Morgan fingerprint density at radius 1 is 1.55 bits per heavy atom. The minimum atomic E-state index is -0.485. The van der Waals surface area contributed by atoms with Gasteiger partial charge in [0.25, 0.3) is 5.69 Å². The summed E-state index contributed by atoms with van der Waals surface area (Å²) in [4.78, 5) is 10.3. The molecule has 1 aromatic heterocycles. The van der Waals surface area contributed by atoms with Crippen LogP contribution in [0.25, 0.3) is 0 Å². The number of nitro benzene ring substituents is 1. The molecule has 20 heavy (non-hydrogen) atoms. The third-order valence-electron chi connectivity index (χ3n) is 2.88. The maximum absolute atomic E-state index is 10.8. The highest BCUT2D eigenvalue weighted by molar-refractivity contribution is 6.33. The summed E-state index contributed by atoms with van der Waals surface area (Å²) in [5.74, 6) is 0.555. The van der Waals surface area contributed by atoms with Crippen LogP contribution in [0.15, 0.2) is 34.9 Å². The van der Waals surface area contributed by atoms with Crippen molar-refractivity contribution in [1.82, 2.24) is 0 Å². The van der Waals surface area contributed by atoms with Gasteiger partial charge in [0.05, 0.1) is 28.5 Å². The summed E-state index contributed by atoms with van der Waals surface area (Å²) in [5.41, 5.74) is 0.947. The molecule has 6 nitrogen and oxygen atoms in total. The summed E-state index contributed by atoms with van der Waals surface area (Å²) in [5, 5.41) is 23.4. The molecule has 0 aliphatic carbocycles. The van der Waals surface area contributed by atoms with Crippen LogP contribution in [0.2, 0.25) is 5.02 Å². The molecule has 1 aromatic carbocycles. The lowest BCUT2D eigenvalue weighted by atomic mass is 10.1. The van der Waals surface area contributed by atoms with Crippen LogP contribution in [-0.4, -0.2) is 16.6 Å². The number of hydrogen-bond acceptors (Lipinski definition) is 5. The van der Waals surface area contributed by atoms with Crippen LogP contribution in [0.4, 0.5) is 11.4 Å². The summed E-state index contributed by atoms with van der Waals surface area (Å²) in [6, 6.07) is 5.83. The first kappa shape index (κ1) is 14.4. The zero-order valence-electron chi connectivity index (χ0n) is 10.7. The van der Waals surface area contributed by atoms with E-state index in [1.54, 1.807) is 25.1 Å². The molecule has 0 amide bonds. The Morgan fingerprint density at radius 3 is 2.85 bits per heavy atom. The number of benzene rings is 1. The fourth-order valence-corrected chi connectivity index (χ4v) is 2.07. The Balaban J connectivity index is 2.29. The van der Waals surface area contributed by atoms with Crippen molar-refractivity contribution < 1.29 is 14.4 Å². The Morgan fingerprint density at radius 2 is 2.30 bits per heavy atom. The van der Waals surface area contributed by atoms with E-state index in [1.807, 2.05) is 0 Å². The van der Waals surface area contributed by atoms with Gasteiger partial charge in [-0.25, -0.2) is 0 Å². The third kappa shape index (κ3) is 2.92. The maximum Gasteiger partial charge on any atom is 0.273 e. The standard InChI is InChI=1S/C13H13ClN2O4/c1-8-5-10(9(14)6-12(8)16(18)19)15-11(7-17)13-3-2-4-20-13/h2-6,11,15,17H,7H2,1H3. The van der Waals surface area contributed by atoms with Gasteiger partial charge in [0, 0.05) is 11.6 Å². The van der Waals surface area contributed by atoms with Crippen molar-refractivity contribution in [2.45, 2.75) is 13.0 Å². The van der Waals surface area contributed by atoms with E-state index >= 15 is 0 Å². The molecule has 0 saturated carbocycles. The fourth-order valence-electron chi connectivity index (χ4n) is 1.86. The molecule has 2 N–H and O–H groups in total. The first-order chi connectivity index (χ1) is 9.52. The van der Waals surface area contributed by atoms with Gasteiger partial charge in [0.2, 0.25) is 0 Å². The monoisotopic (exact) mass is 296 g/mol. The van der Waals surface area contributed by atoms with Gasteiger partial charge in [-0.2, -0.15) is 0 Å². The van der Waals surface area contributed by atoms with E-state index in [0.717, 1.165) is 0 Å². The number of aliphatic hydroxyl groups excluding tert-OH is 1. The van der Waals surface area contributed by atoms with Crippen LogP contribution in [0.1, 0.15) is 17.4 Å². The highest BCUT2D eigenvalue weighted by Gasteiger charge is 2.18. The summed E-state index contributed by atoms with van der Waals surface area (Å²) in [6.07, 6.45) is 1.50. The van der Waals surface area contributed by atoms with Crippen molar-refractivity contribution in [3.63, 3.8) is 0 Å². The highest BCUT2D eigenvalue weighted by atomic mass is 35.5. The lowest BCUT2D eigenvalue weighted by molar-refractivity contribution is -0.385. The van der Waals surface area contributed by atoms with Gasteiger partial charge in [-0.1, -0.05) is 11.6 Å². The molecule has 2 aromatic rings. The summed E-state index contributed by atoms with van der Waals surface area (Å²) < 4.78 is 5.22. The molecule has 0 saturated heterocycles. The topological polar surface area (TPSA) is 88.5 Å². The van der Waals surface area contributed by atoms with E-state index in [2.05, 4.69) is 5.32 Å². The van der Waals surface area contributed by atoms with Crippen molar-refractivity contribution in [2.75, 3.05) is 11.9 Å². The number of aryl methyl sites for hydroxylation is 1. The number of nitro groups is 1. The molecule has 0 radical (unpaired) electrons. The first-order valence-electron chi connectivity index (χ1n) is 5.88. The average Bonchev–Trinajstić information content (AvgIpc) is 2.92. The lowest BCUT2D eigenvalue weighted by Crippen LogP contribution is -2.14. The fraction of sp³-hybridized carbons (Fsp3) is 0.231. The van der Waals surface area contributed by atoms with Gasteiger partial charge in [0.1, 0.15) is 11.8 Å². The van der Waals surface area contributed by atoms with E-state index in [9.17, 15) is 15.2 Å². The largest absolute Gasteiger partial charge is 0.467 e. The summed E-state index contributed by atoms with van der Waals surface area (Å²) in [6.45, 7) is 1.43. The van der Waals surface area contributed by atoms with E-state index in [0.29, 0.717) is 17.0 Å². The maximum atomic E-state index is 10.8. The molecule has 7 heteroatoms. The molecule has 2 rings (SSSR count). The number of furan rings is 1. The minimum absolute atomic E-state index is 0.0425. The molecule has 106 valence electrons. The number of nitrogens with one attached hydrogen (secondary N) is 1. The molecule has 1 atom stereocenters. The van der Waals surface area contributed by atoms with Crippen LogP contribution in [0.5, 0.6) is 0 Å². The Kier molecular flexibility index (Phi) is 4.26. The Hall–Kier alpha value is -2.05. The smallest absolute Gasteiger partial charge is 0.273 e. The van der Waals surface area contributed by atoms with Crippen molar-refractivity contribution in [3.05, 3.63) is 57.0 Å². The number of anilines is 1. The van der Waals surface area contributed by atoms with Crippen molar-refractivity contribution >= 4 is 23.0 Å². The van der Waals surface area contributed by atoms with Crippen LogP contribution in [0, 0.1) is 17.0 Å². The van der Waals surface area contributed by atoms with Crippen molar-refractivity contribution in [2.24, 2.45) is 0 Å². The minimum Gasteiger partial charge on any atom is -0.467 e. The molecule has 0 aliphatic heterocycles. The van der Waals surface area contributed by atoms with Crippen molar-refractivity contribution in [3.8, 4) is 0 Å². The van der Waals surface area contributed by atoms with Crippen molar-refractivity contribution in [1.29, 1.82) is 0 Å². The summed E-state index contributed by atoms with van der Waals surface area (Å²) in [7, 11) is 0.